The molecular formula is C17H20FNO. The molecule has 2 aromatic carbocycles. The summed E-state index contributed by atoms with van der Waals surface area (Å²) in [7, 11) is 0. The Balaban J connectivity index is 2.16. The smallest absolute Gasteiger partial charge is 0.130 e. The van der Waals surface area contributed by atoms with E-state index in [1.807, 2.05) is 30.3 Å². The average Bonchev–Trinajstić information content (AvgIpc) is 2.39. The normalized spacial score (nSPS) is 10.8. The van der Waals surface area contributed by atoms with Gasteiger partial charge in [0, 0.05) is 6.07 Å². The van der Waals surface area contributed by atoms with Crippen molar-refractivity contribution in [3.8, 4) is 11.5 Å². The lowest BCUT2D eigenvalue weighted by Crippen LogP contribution is -2.03. The second-order valence-electron chi connectivity index (χ2n) is 5.16. The van der Waals surface area contributed by atoms with Crippen molar-refractivity contribution in [2.75, 3.05) is 6.54 Å². The number of nitrogens with two attached hydrogens (primary N) is 1. The molecule has 0 saturated heterocycles. The van der Waals surface area contributed by atoms with Crippen LogP contribution in [0.1, 0.15) is 30.9 Å². The molecule has 0 aromatic heterocycles. The Morgan fingerprint density at radius 1 is 1.05 bits per heavy atom. The first-order chi connectivity index (χ1) is 9.58. The van der Waals surface area contributed by atoms with Crippen LogP contribution in [0.4, 0.5) is 4.39 Å². The monoisotopic (exact) mass is 273 g/mol. The van der Waals surface area contributed by atoms with Crippen LogP contribution in [0.3, 0.4) is 0 Å². The van der Waals surface area contributed by atoms with Crippen LogP contribution in [0.2, 0.25) is 0 Å². The van der Waals surface area contributed by atoms with Gasteiger partial charge in [-0.25, -0.2) is 4.39 Å². The third-order valence-electron chi connectivity index (χ3n) is 3.15. The van der Waals surface area contributed by atoms with Gasteiger partial charge >= 0.3 is 0 Å². The minimum Gasteiger partial charge on any atom is -0.457 e. The van der Waals surface area contributed by atoms with Crippen molar-refractivity contribution in [1.29, 1.82) is 0 Å². The highest BCUT2D eigenvalue weighted by atomic mass is 19.1. The summed E-state index contributed by atoms with van der Waals surface area (Å²) in [5.74, 6) is 1.39. The van der Waals surface area contributed by atoms with Crippen molar-refractivity contribution in [2.24, 2.45) is 5.73 Å². The van der Waals surface area contributed by atoms with Gasteiger partial charge in [-0.2, -0.15) is 0 Å². The van der Waals surface area contributed by atoms with Crippen LogP contribution in [0.5, 0.6) is 11.5 Å². The number of ether oxygens (including phenoxy) is 1. The predicted octanol–water partition coefficient (Wildman–Crippen LogP) is 4.24. The molecule has 20 heavy (non-hydrogen) atoms. The molecule has 0 aliphatic heterocycles. The van der Waals surface area contributed by atoms with Gasteiger partial charge in [0.25, 0.3) is 0 Å². The fraction of sp³-hybridized carbons (Fsp3) is 0.294. The number of benzene rings is 2. The maximum Gasteiger partial charge on any atom is 0.130 e. The molecule has 0 aliphatic rings. The summed E-state index contributed by atoms with van der Waals surface area (Å²) < 4.78 is 19.2. The third-order valence-corrected chi connectivity index (χ3v) is 3.15. The zero-order valence-electron chi connectivity index (χ0n) is 11.9. The van der Waals surface area contributed by atoms with Crippen LogP contribution < -0.4 is 10.5 Å². The molecule has 106 valence electrons. The van der Waals surface area contributed by atoms with Gasteiger partial charge in [0.1, 0.15) is 17.3 Å². The third kappa shape index (κ3) is 3.81. The number of rotatable bonds is 5. The minimum absolute atomic E-state index is 0.301. The molecule has 0 aliphatic carbocycles. The van der Waals surface area contributed by atoms with Crippen molar-refractivity contribution in [3.63, 3.8) is 0 Å². The Kier molecular flexibility index (Phi) is 4.74. The summed E-state index contributed by atoms with van der Waals surface area (Å²) in [6, 6.07) is 12.6. The quantitative estimate of drug-likeness (QED) is 0.884. The largest absolute Gasteiger partial charge is 0.457 e. The first-order valence-electron chi connectivity index (χ1n) is 6.86. The second-order valence-corrected chi connectivity index (χ2v) is 5.16. The van der Waals surface area contributed by atoms with Gasteiger partial charge in [-0.1, -0.05) is 26.0 Å². The van der Waals surface area contributed by atoms with Crippen LogP contribution in [-0.2, 0) is 6.42 Å². The Morgan fingerprint density at radius 2 is 1.75 bits per heavy atom. The lowest BCUT2D eigenvalue weighted by atomic mass is 10.0. The van der Waals surface area contributed by atoms with Crippen LogP contribution in [0, 0.1) is 5.82 Å². The summed E-state index contributed by atoms with van der Waals surface area (Å²) in [6.45, 7) is 4.77. The maximum absolute atomic E-state index is 13.5. The Morgan fingerprint density at radius 3 is 2.35 bits per heavy atom. The molecule has 0 bridgehead atoms. The highest BCUT2D eigenvalue weighted by Gasteiger charge is 2.04. The van der Waals surface area contributed by atoms with Crippen LogP contribution >= 0.6 is 0 Å². The van der Waals surface area contributed by atoms with Gasteiger partial charge in [-0.05, 0) is 54.3 Å². The van der Waals surface area contributed by atoms with Crippen molar-refractivity contribution in [2.45, 2.75) is 26.2 Å². The van der Waals surface area contributed by atoms with Crippen molar-refractivity contribution in [1.82, 2.24) is 0 Å². The summed E-state index contributed by atoms with van der Waals surface area (Å²) in [4.78, 5) is 0. The van der Waals surface area contributed by atoms with E-state index in [4.69, 9.17) is 10.5 Å². The molecule has 0 radical (unpaired) electrons. The SMILES string of the molecule is CC(C)c1ccc(Oc2cc(F)cc(CCN)c2)cc1. The molecule has 0 unspecified atom stereocenters. The van der Waals surface area contributed by atoms with Crippen molar-refractivity contribution in [3.05, 3.63) is 59.4 Å². The van der Waals surface area contributed by atoms with E-state index in [-0.39, 0.29) is 5.82 Å². The van der Waals surface area contributed by atoms with Crippen LogP contribution in [0.15, 0.2) is 42.5 Å². The fourth-order valence-corrected chi connectivity index (χ4v) is 2.05. The number of hydrogen-bond acceptors (Lipinski definition) is 2. The first kappa shape index (κ1) is 14.5. The standard InChI is InChI=1S/C17H20FNO/c1-12(2)14-3-5-16(6-4-14)20-17-10-13(7-8-19)9-15(18)11-17/h3-6,9-12H,7-8,19H2,1-2H3. The van der Waals surface area contributed by atoms with E-state index in [1.54, 1.807) is 0 Å². The highest BCUT2D eigenvalue weighted by Crippen LogP contribution is 2.25. The molecule has 2 rings (SSSR count). The molecule has 3 heteroatoms. The lowest BCUT2D eigenvalue weighted by molar-refractivity contribution is 0.475. The van der Waals surface area contributed by atoms with Gasteiger partial charge in [-0.15, -0.1) is 0 Å². The van der Waals surface area contributed by atoms with Gasteiger partial charge in [0.15, 0.2) is 0 Å². The molecule has 0 fully saturated rings. The molecular weight excluding hydrogens is 253 g/mol. The van der Waals surface area contributed by atoms with E-state index in [9.17, 15) is 4.39 Å². The average molecular weight is 273 g/mol. The van der Waals surface area contributed by atoms with Crippen molar-refractivity contribution < 1.29 is 9.13 Å². The summed E-state index contributed by atoms with van der Waals surface area (Å²) in [6.07, 6.45) is 0.639. The molecule has 0 spiro atoms. The number of hydrogen-bond donors (Lipinski definition) is 1. The fourth-order valence-electron chi connectivity index (χ4n) is 2.05. The zero-order chi connectivity index (χ0) is 14.5. The number of halogens is 1. The summed E-state index contributed by atoms with van der Waals surface area (Å²) in [5, 5.41) is 0. The minimum atomic E-state index is -0.301. The van der Waals surface area contributed by atoms with E-state index in [1.165, 1.54) is 17.7 Å². The molecule has 2 aromatic rings. The lowest BCUT2D eigenvalue weighted by Gasteiger charge is -2.10. The molecule has 0 heterocycles. The summed E-state index contributed by atoms with van der Waals surface area (Å²) in [5.41, 5.74) is 7.59. The van der Waals surface area contributed by atoms with Crippen LogP contribution in [0.25, 0.3) is 0 Å². The molecule has 0 saturated carbocycles. The predicted molar refractivity (Wildman–Crippen MR) is 79.8 cm³/mol. The van der Waals surface area contributed by atoms with Gasteiger partial charge in [0.2, 0.25) is 0 Å². The van der Waals surface area contributed by atoms with E-state index >= 15 is 0 Å². The second kappa shape index (κ2) is 6.53. The molecule has 2 N–H and O–H groups in total. The summed E-state index contributed by atoms with van der Waals surface area (Å²) >= 11 is 0. The van der Waals surface area contributed by atoms with E-state index in [0.717, 1.165) is 5.56 Å². The van der Waals surface area contributed by atoms with Gasteiger partial charge in [0.05, 0.1) is 0 Å². The topological polar surface area (TPSA) is 35.2 Å². The van der Waals surface area contributed by atoms with Crippen LogP contribution in [-0.4, -0.2) is 6.54 Å². The van der Waals surface area contributed by atoms with E-state index < -0.39 is 0 Å². The molecule has 0 atom stereocenters. The zero-order valence-corrected chi connectivity index (χ0v) is 11.9. The van der Waals surface area contributed by atoms with E-state index in [0.29, 0.717) is 30.4 Å². The van der Waals surface area contributed by atoms with E-state index in [2.05, 4.69) is 13.8 Å². The maximum atomic E-state index is 13.5. The molecule has 0 amide bonds. The van der Waals surface area contributed by atoms with Crippen molar-refractivity contribution >= 4 is 0 Å². The Hall–Kier alpha value is -1.87. The first-order valence-corrected chi connectivity index (χ1v) is 6.86. The van der Waals surface area contributed by atoms with Gasteiger partial charge < -0.3 is 10.5 Å². The van der Waals surface area contributed by atoms with Gasteiger partial charge in [-0.3, -0.25) is 0 Å². The Bertz CT molecular complexity index is 564. The molecule has 2 nitrogen and oxygen atoms in total. The highest BCUT2D eigenvalue weighted by molar-refractivity contribution is 5.36. The Labute approximate surface area is 119 Å².